The summed E-state index contributed by atoms with van der Waals surface area (Å²) in [5.41, 5.74) is 2.75. The molecule has 0 unspecified atom stereocenters. The van der Waals surface area contributed by atoms with E-state index >= 15 is 0 Å². The number of imide groups is 1. The Morgan fingerprint density at radius 2 is 2.00 bits per heavy atom. The summed E-state index contributed by atoms with van der Waals surface area (Å²) in [5.74, 6) is -0.676. The Bertz CT molecular complexity index is 703. The molecule has 3 rings (SSSR count). The van der Waals surface area contributed by atoms with Crippen LogP contribution in [0.15, 0.2) is 18.2 Å². The highest BCUT2D eigenvalue weighted by atomic mass is 32.1. The fourth-order valence-electron chi connectivity index (χ4n) is 3.15. The lowest BCUT2D eigenvalue weighted by atomic mass is 9.82. The molecule has 0 aromatic heterocycles. The Kier molecular flexibility index (Phi) is 4.40. The number of carbonyl (C=O) groups is 2. The molecule has 1 aromatic carbocycles. The minimum atomic E-state index is -0.812. The summed E-state index contributed by atoms with van der Waals surface area (Å²) in [5, 5.41) is 6.52. The largest absolute Gasteiger partial charge is 0.344 e. The number of benzene rings is 1. The number of amides is 3. The maximum atomic E-state index is 13.6. The van der Waals surface area contributed by atoms with E-state index in [1.165, 1.54) is 6.07 Å². The Morgan fingerprint density at radius 1 is 1.29 bits per heavy atom. The highest BCUT2D eigenvalue weighted by Gasteiger charge is 2.51. The molecule has 0 bridgehead atoms. The zero-order valence-corrected chi connectivity index (χ0v) is 14.1. The number of anilines is 1. The van der Waals surface area contributed by atoms with E-state index in [2.05, 4.69) is 16.1 Å². The van der Waals surface area contributed by atoms with E-state index in [9.17, 15) is 14.0 Å². The van der Waals surface area contributed by atoms with Crippen LogP contribution in [0.2, 0.25) is 0 Å². The highest BCUT2D eigenvalue weighted by Crippen LogP contribution is 2.33. The smallest absolute Gasteiger partial charge is 0.331 e. The fraction of sp³-hybridized carbons (Fsp3) is 0.438. The van der Waals surface area contributed by atoms with Crippen molar-refractivity contribution in [2.75, 3.05) is 5.32 Å². The van der Waals surface area contributed by atoms with Gasteiger partial charge < -0.3 is 10.6 Å². The van der Waals surface area contributed by atoms with Crippen LogP contribution in [-0.2, 0) is 4.79 Å². The lowest BCUT2D eigenvalue weighted by Crippen LogP contribution is -2.51. The van der Waals surface area contributed by atoms with Gasteiger partial charge in [-0.05, 0) is 49.7 Å². The zero-order valence-electron chi connectivity index (χ0n) is 13.3. The first-order valence-electron chi connectivity index (χ1n) is 7.92. The van der Waals surface area contributed by atoms with E-state index in [4.69, 9.17) is 12.2 Å². The molecule has 3 amide bonds. The topological polar surface area (TPSA) is 73.5 Å². The van der Waals surface area contributed by atoms with Crippen LogP contribution in [0, 0.1) is 12.7 Å². The number of thiocarbonyl (C=S) groups is 1. The van der Waals surface area contributed by atoms with Crippen LogP contribution in [0.5, 0.6) is 0 Å². The number of hydrogen-bond acceptors (Lipinski definition) is 3. The van der Waals surface area contributed by atoms with E-state index in [1.54, 1.807) is 19.1 Å². The SMILES string of the molecule is Cc1ccc(NC(=S)NN2C(=O)NC3(CCCCC3)C2=O)cc1F. The van der Waals surface area contributed by atoms with Gasteiger partial charge in [-0.15, -0.1) is 0 Å². The molecular formula is C16H19FN4O2S. The first-order valence-corrected chi connectivity index (χ1v) is 8.33. The summed E-state index contributed by atoms with van der Waals surface area (Å²) >= 11 is 5.13. The number of carbonyl (C=O) groups excluding carboxylic acids is 2. The van der Waals surface area contributed by atoms with E-state index in [1.807, 2.05) is 0 Å². The third kappa shape index (κ3) is 3.06. The van der Waals surface area contributed by atoms with E-state index < -0.39 is 11.6 Å². The second-order valence-corrected chi connectivity index (χ2v) is 6.65. The normalized spacial score (nSPS) is 19.3. The predicted octanol–water partition coefficient (Wildman–Crippen LogP) is 2.59. The number of nitrogens with one attached hydrogen (secondary N) is 3. The lowest BCUT2D eigenvalue weighted by Gasteiger charge is -2.30. The molecule has 0 radical (unpaired) electrons. The molecule has 8 heteroatoms. The predicted molar refractivity (Wildman–Crippen MR) is 91.7 cm³/mol. The van der Waals surface area contributed by atoms with Crippen molar-refractivity contribution in [2.24, 2.45) is 0 Å². The van der Waals surface area contributed by atoms with Crippen LogP contribution >= 0.6 is 12.2 Å². The summed E-state index contributed by atoms with van der Waals surface area (Å²) in [6.45, 7) is 1.66. The summed E-state index contributed by atoms with van der Waals surface area (Å²) < 4.78 is 13.6. The van der Waals surface area contributed by atoms with Gasteiger partial charge in [0.1, 0.15) is 11.4 Å². The van der Waals surface area contributed by atoms with Gasteiger partial charge in [-0.25, -0.2) is 9.18 Å². The second kappa shape index (κ2) is 6.35. The van der Waals surface area contributed by atoms with Gasteiger partial charge in [0.05, 0.1) is 0 Å². The third-order valence-electron chi connectivity index (χ3n) is 4.51. The first-order chi connectivity index (χ1) is 11.4. The molecule has 1 saturated heterocycles. The Hall–Kier alpha value is -2.22. The molecule has 1 aromatic rings. The van der Waals surface area contributed by atoms with Crippen molar-refractivity contribution in [3.05, 3.63) is 29.6 Å². The summed E-state index contributed by atoms with van der Waals surface area (Å²) in [6.07, 6.45) is 4.16. The van der Waals surface area contributed by atoms with Crippen molar-refractivity contribution >= 4 is 35.0 Å². The number of rotatable bonds is 2. The van der Waals surface area contributed by atoms with Gasteiger partial charge in [-0.3, -0.25) is 10.2 Å². The lowest BCUT2D eigenvalue weighted by molar-refractivity contribution is -0.133. The Labute approximate surface area is 144 Å². The number of aryl methyl sites for hydroxylation is 1. The molecule has 1 spiro atoms. The van der Waals surface area contributed by atoms with Gasteiger partial charge in [-0.1, -0.05) is 25.3 Å². The van der Waals surface area contributed by atoms with Crippen molar-refractivity contribution in [2.45, 2.75) is 44.6 Å². The van der Waals surface area contributed by atoms with Crippen molar-refractivity contribution in [3.63, 3.8) is 0 Å². The molecule has 1 aliphatic heterocycles. The molecule has 1 heterocycles. The van der Waals surface area contributed by atoms with Crippen LogP contribution in [0.25, 0.3) is 0 Å². The maximum Gasteiger partial charge on any atom is 0.344 e. The van der Waals surface area contributed by atoms with Gasteiger partial charge in [-0.2, -0.15) is 5.01 Å². The molecule has 1 aliphatic carbocycles. The van der Waals surface area contributed by atoms with E-state index in [0.29, 0.717) is 24.1 Å². The zero-order chi connectivity index (χ0) is 17.3. The average Bonchev–Trinajstić information content (AvgIpc) is 2.76. The van der Waals surface area contributed by atoms with Crippen molar-refractivity contribution < 1.29 is 14.0 Å². The van der Waals surface area contributed by atoms with Gasteiger partial charge in [0, 0.05) is 5.69 Å². The minimum absolute atomic E-state index is 0.0506. The summed E-state index contributed by atoms with van der Waals surface area (Å²) in [6, 6.07) is 4.07. The molecule has 0 atom stereocenters. The Balaban J connectivity index is 1.66. The van der Waals surface area contributed by atoms with Gasteiger partial charge >= 0.3 is 6.03 Å². The summed E-state index contributed by atoms with van der Waals surface area (Å²) in [4.78, 5) is 24.7. The Morgan fingerprint density at radius 3 is 2.67 bits per heavy atom. The van der Waals surface area contributed by atoms with Crippen molar-refractivity contribution in [3.8, 4) is 0 Å². The van der Waals surface area contributed by atoms with Gasteiger partial charge in [0.15, 0.2) is 5.11 Å². The fourth-order valence-corrected chi connectivity index (χ4v) is 3.36. The quantitative estimate of drug-likeness (QED) is 0.565. The number of hydrogen-bond donors (Lipinski definition) is 3. The molecule has 2 aliphatic rings. The van der Waals surface area contributed by atoms with Crippen LogP contribution < -0.4 is 16.1 Å². The highest BCUT2D eigenvalue weighted by molar-refractivity contribution is 7.80. The number of hydrazine groups is 1. The van der Waals surface area contributed by atoms with Crippen LogP contribution in [0.1, 0.15) is 37.7 Å². The van der Waals surface area contributed by atoms with E-state index in [-0.39, 0.29) is 16.8 Å². The number of halogens is 1. The number of urea groups is 1. The van der Waals surface area contributed by atoms with Crippen LogP contribution in [0.3, 0.4) is 0 Å². The van der Waals surface area contributed by atoms with E-state index in [0.717, 1.165) is 24.3 Å². The average molecular weight is 350 g/mol. The standard InChI is InChI=1S/C16H19FN4O2S/c1-10-5-6-11(9-12(10)17)18-14(24)20-21-13(22)16(19-15(21)23)7-3-2-4-8-16/h5-6,9H,2-4,7-8H2,1H3,(H,19,23)(H2,18,20,24). The molecule has 128 valence electrons. The molecule has 24 heavy (non-hydrogen) atoms. The van der Waals surface area contributed by atoms with Gasteiger partial charge in [0.2, 0.25) is 0 Å². The maximum absolute atomic E-state index is 13.6. The van der Waals surface area contributed by atoms with Crippen LogP contribution in [0.4, 0.5) is 14.9 Å². The molecular weight excluding hydrogens is 331 g/mol. The first kappa shape index (κ1) is 16.6. The second-order valence-electron chi connectivity index (χ2n) is 6.24. The van der Waals surface area contributed by atoms with Crippen LogP contribution in [-0.4, -0.2) is 27.6 Å². The molecule has 3 N–H and O–H groups in total. The minimum Gasteiger partial charge on any atom is -0.331 e. The molecule has 1 saturated carbocycles. The summed E-state index contributed by atoms with van der Waals surface area (Å²) in [7, 11) is 0. The van der Waals surface area contributed by atoms with Gasteiger partial charge in [0.25, 0.3) is 5.91 Å². The molecule has 2 fully saturated rings. The monoisotopic (exact) mass is 350 g/mol. The van der Waals surface area contributed by atoms with Crippen molar-refractivity contribution in [1.29, 1.82) is 0 Å². The molecule has 6 nitrogen and oxygen atoms in total. The third-order valence-corrected chi connectivity index (χ3v) is 4.71. The van der Waals surface area contributed by atoms with Crippen molar-refractivity contribution in [1.82, 2.24) is 15.8 Å². The number of nitrogens with zero attached hydrogens (tertiary/aromatic N) is 1.